The van der Waals surface area contributed by atoms with Crippen LogP contribution in [0.25, 0.3) is 0 Å². The van der Waals surface area contributed by atoms with Crippen molar-refractivity contribution in [3.8, 4) is 0 Å². The summed E-state index contributed by atoms with van der Waals surface area (Å²) < 4.78 is 0. The van der Waals surface area contributed by atoms with Crippen LogP contribution in [-0.2, 0) is 0 Å². The van der Waals surface area contributed by atoms with Crippen molar-refractivity contribution < 1.29 is 4.79 Å². The monoisotopic (exact) mass is 269 g/mol. The molecule has 1 N–H and O–H groups in total. The first-order valence-corrected chi connectivity index (χ1v) is 7.17. The Morgan fingerprint density at radius 2 is 2.35 bits per heavy atom. The highest BCUT2D eigenvalue weighted by Gasteiger charge is 2.17. The maximum Gasteiger partial charge on any atom is 0.263 e. The number of nitrogens with one attached hydrogen (secondary N) is 1. The van der Waals surface area contributed by atoms with E-state index < -0.39 is 0 Å². The van der Waals surface area contributed by atoms with Gasteiger partial charge in [0.2, 0.25) is 0 Å². The van der Waals surface area contributed by atoms with Crippen molar-refractivity contribution in [3.63, 3.8) is 0 Å². The Morgan fingerprint density at radius 1 is 1.53 bits per heavy atom. The second-order valence-corrected chi connectivity index (χ2v) is 5.64. The fourth-order valence-corrected chi connectivity index (χ4v) is 3.11. The van der Waals surface area contributed by atoms with E-state index >= 15 is 0 Å². The molecule has 1 atom stereocenters. The number of rotatable bonds is 3. The summed E-state index contributed by atoms with van der Waals surface area (Å²) in [7, 11) is 0. The number of thiophene rings is 1. The molecule has 0 bridgehead atoms. The number of allylic oxidation sites excluding steroid dienone is 1. The molecule has 1 aliphatic carbocycles. The highest BCUT2D eigenvalue weighted by molar-refractivity contribution is 7.12. The van der Waals surface area contributed by atoms with E-state index in [0.717, 1.165) is 12.8 Å². The van der Waals surface area contributed by atoms with Crippen LogP contribution in [0.5, 0.6) is 0 Å². The molecule has 0 radical (unpaired) electrons. The van der Waals surface area contributed by atoms with Gasteiger partial charge in [0, 0.05) is 6.04 Å². The zero-order valence-corrected chi connectivity index (χ0v) is 11.4. The first-order valence-electron chi connectivity index (χ1n) is 5.91. The highest BCUT2D eigenvalue weighted by Crippen LogP contribution is 2.23. The predicted octanol–water partition coefficient (Wildman–Crippen LogP) is 4.02. The topological polar surface area (TPSA) is 29.1 Å². The molecule has 1 unspecified atom stereocenters. The highest BCUT2D eigenvalue weighted by atomic mass is 35.5. The summed E-state index contributed by atoms with van der Waals surface area (Å²) in [6, 6.07) is 1.87. The van der Waals surface area contributed by atoms with Crippen LogP contribution in [0.1, 0.15) is 42.3 Å². The zero-order valence-electron chi connectivity index (χ0n) is 9.83. The molecule has 0 saturated carbocycles. The maximum absolute atomic E-state index is 12.0. The molecule has 1 aromatic heterocycles. The van der Waals surface area contributed by atoms with Gasteiger partial charge in [-0.3, -0.25) is 4.79 Å². The van der Waals surface area contributed by atoms with Gasteiger partial charge < -0.3 is 5.32 Å². The molecule has 1 heterocycles. The van der Waals surface area contributed by atoms with Gasteiger partial charge in [0.1, 0.15) is 4.88 Å². The third-order valence-electron chi connectivity index (χ3n) is 3.05. The summed E-state index contributed by atoms with van der Waals surface area (Å²) in [5.74, 6) is -0.0658. The molecule has 17 heavy (non-hydrogen) atoms. The van der Waals surface area contributed by atoms with Gasteiger partial charge in [-0.05, 0) is 44.1 Å². The number of halogens is 1. The molecule has 2 rings (SSSR count). The third-order valence-corrected chi connectivity index (χ3v) is 4.39. The normalized spacial score (nSPS) is 17.4. The van der Waals surface area contributed by atoms with Crippen LogP contribution >= 0.6 is 22.9 Å². The second kappa shape index (κ2) is 5.69. The molecule has 1 amide bonds. The number of hydrogen-bond donors (Lipinski definition) is 1. The summed E-state index contributed by atoms with van der Waals surface area (Å²) in [5, 5.41) is 5.39. The first kappa shape index (κ1) is 12.7. The van der Waals surface area contributed by atoms with Crippen LogP contribution in [0.4, 0.5) is 0 Å². The Bertz CT molecular complexity index is 438. The lowest BCUT2D eigenvalue weighted by Gasteiger charge is -2.20. The van der Waals surface area contributed by atoms with Gasteiger partial charge in [0.25, 0.3) is 5.91 Å². The van der Waals surface area contributed by atoms with Crippen molar-refractivity contribution in [1.29, 1.82) is 0 Å². The maximum atomic E-state index is 12.0. The van der Waals surface area contributed by atoms with Crippen molar-refractivity contribution in [3.05, 3.63) is 33.0 Å². The van der Waals surface area contributed by atoms with Crippen molar-refractivity contribution in [2.45, 2.75) is 38.6 Å². The van der Waals surface area contributed by atoms with E-state index in [4.69, 9.17) is 11.6 Å². The van der Waals surface area contributed by atoms with Crippen molar-refractivity contribution >= 4 is 28.8 Å². The lowest BCUT2D eigenvalue weighted by Crippen LogP contribution is -2.34. The average Bonchev–Trinajstić information content (AvgIpc) is 2.76. The molecular weight excluding hydrogens is 254 g/mol. The zero-order chi connectivity index (χ0) is 12.3. The number of amides is 1. The molecular formula is C13H16ClNOS. The molecule has 1 aromatic rings. The molecule has 4 heteroatoms. The fourth-order valence-electron chi connectivity index (χ4n) is 2.07. The van der Waals surface area contributed by atoms with E-state index in [1.807, 2.05) is 12.3 Å². The van der Waals surface area contributed by atoms with Gasteiger partial charge >= 0.3 is 0 Å². The fraction of sp³-hybridized carbons (Fsp3) is 0.462. The van der Waals surface area contributed by atoms with Crippen LogP contribution in [-0.4, -0.2) is 11.9 Å². The van der Waals surface area contributed by atoms with Crippen molar-refractivity contribution in [2.24, 2.45) is 0 Å². The summed E-state index contributed by atoms with van der Waals surface area (Å²) in [4.78, 5) is 12.6. The lowest BCUT2D eigenvalue weighted by atomic mass is 9.95. The third kappa shape index (κ3) is 3.11. The van der Waals surface area contributed by atoms with Crippen LogP contribution in [0.3, 0.4) is 0 Å². The van der Waals surface area contributed by atoms with Crippen molar-refractivity contribution in [2.75, 3.05) is 0 Å². The standard InChI is InChI=1S/C13H16ClNOS/c1-9(10-5-3-2-4-6-10)15-13(16)12-11(14)7-8-17-12/h5,7-9H,2-4,6H2,1H3,(H,15,16). The Hall–Kier alpha value is -0.800. The van der Waals surface area contributed by atoms with E-state index in [1.54, 1.807) is 6.07 Å². The van der Waals surface area contributed by atoms with E-state index in [-0.39, 0.29) is 11.9 Å². The predicted molar refractivity (Wildman–Crippen MR) is 72.8 cm³/mol. The van der Waals surface area contributed by atoms with Gasteiger partial charge in [0.05, 0.1) is 5.02 Å². The van der Waals surface area contributed by atoms with Crippen LogP contribution in [0.2, 0.25) is 5.02 Å². The Kier molecular flexibility index (Phi) is 4.24. The molecule has 2 nitrogen and oxygen atoms in total. The van der Waals surface area contributed by atoms with E-state index in [2.05, 4.69) is 11.4 Å². The van der Waals surface area contributed by atoms with Crippen molar-refractivity contribution in [1.82, 2.24) is 5.32 Å². The molecule has 0 saturated heterocycles. The Balaban J connectivity index is 1.99. The van der Waals surface area contributed by atoms with Gasteiger partial charge in [-0.2, -0.15) is 0 Å². The number of carbonyl (C=O) groups excluding carboxylic acids is 1. The minimum atomic E-state index is -0.0658. The van der Waals surface area contributed by atoms with E-state index in [1.165, 1.54) is 29.8 Å². The van der Waals surface area contributed by atoms with Crippen LogP contribution in [0, 0.1) is 0 Å². The lowest BCUT2D eigenvalue weighted by molar-refractivity contribution is 0.0949. The van der Waals surface area contributed by atoms with Crippen LogP contribution in [0.15, 0.2) is 23.1 Å². The Morgan fingerprint density at radius 3 is 2.94 bits per heavy atom. The molecule has 92 valence electrons. The summed E-state index contributed by atoms with van der Waals surface area (Å²) >= 11 is 7.32. The minimum absolute atomic E-state index is 0.0658. The SMILES string of the molecule is CC(NC(=O)c1sccc1Cl)C1=CCCCC1. The largest absolute Gasteiger partial charge is 0.345 e. The van der Waals surface area contributed by atoms with E-state index in [9.17, 15) is 4.79 Å². The molecule has 0 fully saturated rings. The van der Waals surface area contributed by atoms with E-state index in [0.29, 0.717) is 9.90 Å². The molecule has 0 aliphatic heterocycles. The first-order chi connectivity index (χ1) is 8.18. The quantitative estimate of drug-likeness (QED) is 0.825. The van der Waals surface area contributed by atoms with Gasteiger partial charge in [0.15, 0.2) is 0 Å². The summed E-state index contributed by atoms with van der Waals surface area (Å²) in [6.07, 6.45) is 6.98. The number of hydrogen-bond acceptors (Lipinski definition) is 2. The molecule has 0 spiro atoms. The summed E-state index contributed by atoms with van der Waals surface area (Å²) in [5.41, 5.74) is 1.34. The smallest absolute Gasteiger partial charge is 0.263 e. The molecule has 0 aromatic carbocycles. The Labute approximate surface area is 111 Å². The second-order valence-electron chi connectivity index (χ2n) is 4.32. The molecule has 1 aliphatic rings. The average molecular weight is 270 g/mol. The minimum Gasteiger partial charge on any atom is -0.345 e. The van der Waals surface area contributed by atoms with Gasteiger partial charge in [-0.1, -0.05) is 23.3 Å². The number of carbonyl (C=O) groups is 1. The summed E-state index contributed by atoms with van der Waals surface area (Å²) in [6.45, 7) is 2.04. The van der Waals surface area contributed by atoms with Crippen LogP contribution < -0.4 is 5.32 Å². The van der Waals surface area contributed by atoms with Gasteiger partial charge in [-0.15, -0.1) is 11.3 Å². The van der Waals surface area contributed by atoms with Gasteiger partial charge in [-0.25, -0.2) is 0 Å².